The van der Waals surface area contributed by atoms with Crippen molar-refractivity contribution in [2.75, 3.05) is 5.32 Å². The summed E-state index contributed by atoms with van der Waals surface area (Å²) in [5, 5.41) is 19.2. The zero-order valence-electron chi connectivity index (χ0n) is 16.5. The lowest BCUT2D eigenvalue weighted by atomic mass is 9.87. The Bertz CT molecular complexity index is 1030. The Morgan fingerprint density at radius 3 is 2.69 bits per heavy atom. The van der Waals surface area contributed by atoms with Gasteiger partial charge in [-0.3, -0.25) is 14.5 Å². The van der Waals surface area contributed by atoms with Crippen molar-refractivity contribution in [3.05, 3.63) is 40.5 Å². The molecule has 1 saturated carbocycles. The van der Waals surface area contributed by atoms with Gasteiger partial charge in [0, 0.05) is 28.8 Å². The molecule has 2 N–H and O–H groups in total. The number of rotatable bonds is 5. The number of aromatic nitrogens is 3. The summed E-state index contributed by atoms with van der Waals surface area (Å²) in [6.45, 7) is 3.38. The van der Waals surface area contributed by atoms with Crippen molar-refractivity contribution in [1.29, 1.82) is 0 Å². The first-order valence-corrected chi connectivity index (χ1v) is 10.6. The number of nitrogens with zero attached hydrogens (tertiary/aromatic N) is 3. The van der Waals surface area contributed by atoms with Crippen LogP contribution in [0.2, 0.25) is 0 Å². The molecule has 1 aliphatic rings. The number of hydrogen-bond acceptors (Lipinski definition) is 6. The van der Waals surface area contributed by atoms with Crippen LogP contribution in [0.5, 0.6) is 0 Å². The van der Waals surface area contributed by atoms with E-state index in [1.54, 1.807) is 19.4 Å². The monoisotopic (exact) mass is 412 g/mol. The van der Waals surface area contributed by atoms with Crippen LogP contribution in [0.1, 0.15) is 60.8 Å². The fraction of sp³-hybridized carbons (Fsp3) is 0.429. The molecule has 152 valence electrons. The highest BCUT2D eigenvalue weighted by Crippen LogP contribution is 2.35. The fourth-order valence-corrected chi connectivity index (χ4v) is 4.42. The number of anilines is 1. The lowest BCUT2D eigenvalue weighted by Crippen LogP contribution is -2.20. The summed E-state index contributed by atoms with van der Waals surface area (Å²) in [6, 6.07) is 3.97. The number of aliphatic hydroxyl groups is 1. The van der Waals surface area contributed by atoms with Gasteiger partial charge in [0.25, 0.3) is 5.91 Å². The molecule has 1 aliphatic carbocycles. The van der Waals surface area contributed by atoms with Gasteiger partial charge in [0.2, 0.25) is 0 Å². The number of carbonyl (C=O) groups excluding carboxylic acids is 2. The molecule has 4 rings (SSSR count). The minimum Gasteiger partial charge on any atom is -0.386 e. The first-order valence-electron chi connectivity index (χ1n) is 9.76. The fourth-order valence-electron chi connectivity index (χ4n) is 3.90. The third-order valence-corrected chi connectivity index (χ3v) is 6.30. The van der Waals surface area contributed by atoms with Gasteiger partial charge in [-0.25, -0.2) is 0 Å². The first-order chi connectivity index (χ1) is 13.8. The number of benzene rings is 1. The molecule has 1 fully saturated rings. The van der Waals surface area contributed by atoms with Crippen molar-refractivity contribution < 1.29 is 14.7 Å². The van der Waals surface area contributed by atoms with Gasteiger partial charge in [0.1, 0.15) is 11.2 Å². The van der Waals surface area contributed by atoms with E-state index in [2.05, 4.69) is 10.3 Å². The molecule has 0 saturated heterocycles. The maximum Gasteiger partial charge on any atom is 0.267 e. The van der Waals surface area contributed by atoms with Crippen molar-refractivity contribution in [3.8, 4) is 0 Å². The van der Waals surface area contributed by atoms with Crippen LogP contribution >= 0.6 is 11.3 Å². The van der Waals surface area contributed by atoms with Gasteiger partial charge < -0.3 is 15.2 Å². The number of amides is 1. The SMILES string of the molecule is CC(C)(O)c1cc2nn(C3CCC(C=O)CC3)cc2cc1NC(=O)c1cncs1. The van der Waals surface area contributed by atoms with Gasteiger partial charge in [0.15, 0.2) is 0 Å². The van der Waals surface area contributed by atoms with E-state index in [1.165, 1.54) is 17.5 Å². The second kappa shape index (κ2) is 7.68. The standard InChI is InChI=1S/C21H24N4O3S/c1-21(2,28)16-8-17-14(7-18(16)23-20(27)19-9-22-12-29-19)10-25(24-17)15-5-3-13(11-26)4-6-15/h7-13,15,28H,3-6H2,1-2H3,(H,23,27). The van der Waals surface area contributed by atoms with E-state index in [0.717, 1.165) is 42.9 Å². The molecule has 2 aromatic heterocycles. The van der Waals surface area contributed by atoms with Gasteiger partial charge in [-0.1, -0.05) is 0 Å². The molecular formula is C21H24N4O3S. The predicted molar refractivity (Wildman–Crippen MR) is 112 cm³/mol. The van der Waals surface area contributed by atoms with E-state index in [0.29, 0.717) is 16.1 Å². The molecule has 0 atom stereocenters. The number of thiazole rings is 1. The number of aldehydes is 1. The smallest absolute Gasteiger partial charge is 0.267 e. The van der Waals surface area contributed by atoms with Crippen LogP contribution < -0.4 is 5.32 Å². The Morgan fingerprint density at radius 1 is 1.31 bits per heavy atom. The molecule has 0 bridgehead atoms. The molecule has 1 aromatic carbocycles. The van der Waals surface area contributed by atoms with Gasteiger partial charge in [0.05, 0.1) is 28.9 Å². The third kappa shape index (κ3) is 4.09. The number of hydrogen-bond donors (Lipinski definition) is 2. The van der Waals surface area contributed by atoms with Crippen LogP contribution in [-0.2, 0) is 10.4 Å². The molecule has 2 heterocycles. The molecule has 29 heavy (non-hydrogen) atoms. The minimum atomic E-state index is -1.14. The van der Waals surface area contributed by atoms with Crippen molar-refractivity contribution in [2.45, 2.75) is 51.2 Å². The molecule has 8 heteroatoms. The van der Waals surface area contributed by atoms with Crippen molar-refractivity contribution in [3.63, 3.8) is 0 Å². The summed E-state index contributed by atoms with van der Waals surface area (Å²) in [4.78, 5) is 28.0. The maximum absolute atomic E-state index is 12.5. The number of nitrogens with one attached hydrogen (secondary N) is 1. The van der Waals surface area contributed by atoms with Crippen molar-refractivity contribution in [1.82, 2.24) is 14.8 Å². The summed E-state index contributed by atoms with van der Waals surface area (Å²) in [5.74, 6) is -0.0940. The highest BCUT2D eigenvalue weighted by Gasteiger charge is 2.26. The van der Waals surface area contributed by atoms with Crippen LogP contribution in [0.4, 0.5) is 5.69 Å². The Balaban J connectivity index is 1.67. The molecule has 1 amide bonds. The molecular weight excluding hydrogens is 388 g/mol. The second-order valence-electron chi connectivity index (χ2n) is 8.15. The molecule has 0 spiro atoms. The molecule has 7 nitrogen and oxygen atoms in total. The van der Waals surface area contributed by atoms with Crippen molar-refractivity contribution in [2.24, 2.45) is 5.92 Å². The molecule has 0 unspecified atom stereocenters. The minimum absolute atomic E-state index is 0.159. The van der Waals surface area contributed by atoms with E-state index >= 15 is 0 Å². The summed E-state index contributed by atoms with van der Waals surface area (Å²) in [6.07, 6.45) is 8.18. The quantitative estimate of drug-likeness (QED) is 0.620. The van der Waals surface area contributed by atoms with E-state index in [4.69, 9.17) is 5.10 Å². The largest absolute Gasteiger partial charge is 0.386 e. The van der Waals surface area contributed by atoms with Gasteiger partial charge in [-0.15, -0.1) is 11.3 Å². The summed E-state index contributed by atoms with van der Waals surface area (Å²) >= 11 is 1.27. The average molecular weight is 413 g/mol. The van der Waals surface area contributed by atoms with E-state index in [-0.39, 0.29) is 17.9 Å². The summed E-state index contributed by atoms with van der Waals surface area (Å²) in [7, 11) is 0. The zero-order valence-corrected chi connectivity index (χ0v) is 17.3. The number of fused-ring (bicyclic) bond motifs is 1. The van der Waals surface area contributed by atoms with E-state index in [9.17, 15) is 14.7 Å². The van der Waals surface area contributed by atoms with Crippen LogP contribution in [0, 0.1) is 5.92 Å². The Hall–Kier alpha value is -2.58. The van der Waals surface area contributed by atoms with Crippen molar-refractivity contribution >= 4 is 40.1 Å². The number of carbonyl (C=O) groups is 2. The predicted octanol–water partition coefficient (Wildman–Crippen LogP) is 3.90. The van der Waals surface area contributed by atoms with Crippen LogP contribution in [0.3, 0.4) is 0 Å². The van der Waals surface area contributed by atoms with E-state index in [1.807, 2.05) is 23.0 Å². The maximum atomic E-state index is 12.5. The highest BCUT2D eigenvalue weighted by atomic mass is 32.1. The van der Waals surface area contributed by atoms with Gasteiger partial charge in [-0.05, 0) is 51.7 Å². The topological polar surface area (TPSA) is 97.1 Å². The normalized spacial score (nSPS) is 20.0. The molecule has 3 aromatic rings. The molecule has 0 radical (unpaired) electrons. The summed E-state index contributed by atoms with van der Waals surface area (Å²) in [5.41, 5.74) is 2.41. The Kier molecular flexibility index (Phi) is 5.23. The van der Waals surface area contributed by atoms with Gasteiger partial charge in [-0.2, -0.15) is 5.10 Å². The Labute approximate surface area is 172 Å². The highest BCUT2D eigenvalue weighted by molar-refractivity contribution is 7.11. The first kappa shape index (κ1) is 19.7. The van der Waals surface area contributed by atoms with E-state index < -0.39 is 5.60 Å². The van der Waals surface area contributed by atoms with Crippen LogP contribution in [0.25, 0.3) is 10.9 Å². The zero-order chi connectivity index (χ0) is 20.6. The average Bonchev–Trinajstić information content (AvgIpc) is 3.36. The lowest BCUT2D eigenvalue weighted by molar-refractivity contribution is -0.112. The van der Waals surface area contributed by atoms with Crippen LogP contribution in [-0.4, -0.2) is 32.1 Å². The summed E-state index contributed by atoms with van der Waals surface area (Å²) < 4.78 is 1.97. The third-order valence-electron chi connectivity index (χ3n) is 5.53. The van der Waals surface area contributed by atoms with Gasteiger partial charge >= 0.3 is 0 Å². The second-order valence-corrected chi connectivity index (χ2v) is 9.04. The molecule has 0 aliphatic heterocycles. The van der Waals surface area contributed by atoms with Crippen LogP contribution in [0.15, 0.2) is 30.0 Å². The lowest BCUT2D eigenvalue weighted by Gasteiger charge is -2.25. The Morgan fingerprint density at radius 2 is 2.07 bits per heavy atom.